The summed E-state index contributed by atoms with van der Waals surface area (Å²) in [6.07, 6.45) is 4.20. The molecule has 0 atom stereocenters. The molecule has 2 aromatic rings. The first kappa shape index (κ1) is 15.4. The Kier molecular flexibility index (Phi) is 4.50. The number of aromatic amines is 1. The number of hydrogen-bond acceptors (Lipinski definition) is 3. The van der Waals surface area contributed by atoms with E-state index in [1.54, 1.807) is 11.0 Å². The van der Waals surface area contributed by atoms with Crippen LogP contribution in [-0.4, -0.2) is 33.9 Å². The van der Waals surface area contributed by atoms with Gasteiger partial charge in [0.25, 0.3) is 5.91 Å². The molecule has 0 radical (unpaired) electrons. The predicted octanol–water partition coefficient (Wildman–Crippen LogP) is 2.59. The van der Waals surface area contributed by atoms with Crippen molar-refractivity contribution in [1.82, 2.24) is 14.9 Å². The number of nitrogens with zero attached hydrogens (tertiary/aromatic N) is 2. The number of halogens is 1. The van der Waals surface area contributed by atoms with E-state index in [0.29, 0.717) is 24.3 Å². The third-order valence-corrected chi connectivity index (χ3v) is 4.01. The summed E-state index contributed by atoms with van der Waals surface area (Å²) in [6.45, 7) is 1.41. The number of nitrogens with one attached hydrogen (secondary N) is 1. The highest BCUT2D eigenvalue weighted by molar-refractivity contribution is 5.93. The first-order valence-electron chi connectivity index (χ1n) is 7.80. The summed E-state index contributed by atoms with van der Waals surface area (Å²) in [5.41, 5.74) is 0.616. The second-order valence-electron chi connectivity index (χ2n) is 5.70. The predicted molar refractivity (Wildman–Crippen MR) is 84.6 cm³/mol. The SMILES string of the molecule is O=C(c1cc(-c2ccc(F)cc2)nc(=O)[nH]1)N1CCCCCC1. The standard InChI is InChI=1S/C17H18FN3O2/c18-13-7-5-12(6-8-13)14-11-15(20-17(23)19-14)16(22)21-9-3-1-2-4-10-21/h5-8,11H,1-4,9-10H2,(H,19,20,23). The molecule has 2 heterocycles. The molecule has 0 aliphatic carbocycles. The molecule has 1 fully saturated rings. The normalized spacial score (nSPS) is 15.3. The van der Waals surface area contributed by atoms with Crippen LogP contribution >= 0.6 is 0 Å². The second-order valence-corrected chi connectivity index (χ2v) is 5.70. The Bertz CT molecular complexity index is 747. The maximum Gasteiger partial charge on any atom is 0.346 e. The van der Waals surface area contributed by atoms with Gasteiger partial charge in [-0.2, -0.15) is 4.98 Å². The Morgan fingerprint density at radius 2 is 1.74 bits per heavy atom. The number of rotatable bonds is 2. The summed E-state index contributed by atoms with van der Waals surface area (Å²) in [5.74, 6) is -0.547. The molecule has 1 aromatic carbocycles. The number of hydrogen-bond donors (Lipinski definition) is 1. The van der Waals surface area contributed by atoms with E-state index in [1.165, 1.54) is 24.3 Å². The van der Waals surface area contributed by atoms with Crippen LogP contribution in [0.15, 0.2) is 35.1 Å². The molecule has 3 rings (SSSR count). The topological polar surface area (TPSA) is 66.1 Å². The minimum atomic E-state index is -0.579. The lowest BCUT2D eigenvalue weighted by Crippen LogP contribution is -2.33. The zero-order valence-corrected chi connectivity index (χ0v) is 12.7. The lowest BCUT2D eigenvalue weighted by atomic mass is 10.1. The van der Waals surface area contributed by atoms with Crippen LogP contribution in [0.2, 0.25) is 0 Å². The van der Waals surface area contributed by atoms with Crippen LogP contribution in [-0.2, 0) is 0 Å². The fourth-order valence-corrected chi connectivity index (χ4v) is 2.79. The van der Waals surface area contributed by atoms with Gasteiger partial charge in [0.1, 0.15) is 11.5 Å². The van der Waals surface area contributed by atoms with Gasteiger partial charge < -0.3 is 9.88 Å². The van der Waals surface area contributed by atoms with Gasteiger partial charge in [-0.3, -0.25) is 4.79 Å². The van der Waals surface area contributed by atoms with Crippen molar-refractivity contribution < 1.29 is 9.18 Å². The Balaban J connectivity index is 1.92. The van der Waals surface area contributed by atoms with Crippen molar-refractivity contribution in [1.29, 1.82) is 0 Å². The lowest BCUT2D eigenvalue weighted by molar-refractivity contribution is 0.0755. The van der Waals surface area contributed by atoms with Gasteiger partial charge in [0, 0.05) is 18.7 Å². The van der Waals surface area contributed by atoms with Crippen molar-refractivity contribution in [3.05, 3.63) is 52.3 Å². The number of carbonyl (C=O) groups is 1. The minimum Gasteiger partial charge on any atom is -0.337 e. The number of amides is 1. The fourth-order valence-electron chi connectivity index (χ4n) is 2.79. The summed E-state index contributed by atoms with van der Waals surface area (Å²) >= 11 is 0. The number of aromatic nitrogens is 2. The van der Waals surface area contributed by atoms with Gasteiger partial charge in [-0.05, 0) is 43.2 Å². The molecule has 6 heteroatoms. The molecule has 1 aliphatic rings. The molecule has 0 bridgehead atoms. The van der Waals surface area contributed by atoms with E-state index in [-0.39, 0.29) is 17.4 Å². The molecule has 0 saturated carbocycles. The number of likely N-dealkylation sites (tertiary alicyclic amines) is 1. The maximum atomic E-state index is 13.0. The summed E-state index contributed by atoms with van der Waals surface area (Å²) in [4.78, 5) is 32.6. The van der Waals surface area contributed by atoms with Crippen LogP contribution in [0.4, 0.5) is 4.39 Å². The number of benzene rings is 1. The van der Waals surface area contributed by atoms with Crippen LogP contribution in [0.1, 0.15) is 36.2 Å². The zero-order valence-electron chi connectivity index (χ0n) is 12.7. The first-order valence-corrected chi connectivity index (χ1v) is 7.80. The van der Waals surface area contributed by atoms with Gasteiger partial charge in [-0.15, -0.1) is 0 Å². The summed E-state index contributed by atoms with van der Waals surface area (Å²) < 4.78 is 13.0. The van der Waals surface area contributed by atoms with Gasteiger partial charge in [-0.25, -0.2) is 9.18 Å². The van der Waals surface area contributed by atoms with Gasteiger partial charge in [-0.1, -0.05) is 12.8 Å². The van der Waals surface area contributed by atoms with Gasteiger partial charge in [0.2, 0.25) is 0 Å². The number of carbonyl (C=O) groups excluding carboxylic acids is 1. The molecule has 120 valence electrons. The molecule has 1 aromatic heterocycles. The molecule has 1 amide bonds. The maximum absolute atomic E-state index is 13.0. The third kappa shape index (κ3) is 3.64. The Morgan fingerprint density at radius 3 is 2.39 bits per heavy atom. The van der Waals surface area contributed by atoms with Crippen LogP contribution in [0, 0.1) is 5.82 Å². The molecule has 0 spiro atoms. The van der Waals surface area contributed by atoms with E-state index >= 15 is 0 Å². The highest BCUT2D eigenvalue weighted by Crippen LogP contribution is 2.18. The molecule has 5 nitrogen and oxygen atoms in total. The molecule has 0 unspecified atom stereocenters. The Morgan fingerprint density at radius 1 is 1.09 bits per heavy atom. The van der Waals surface area contributed by atoms with Crippen molar-refractivity contribution >= 4 is 5.91 Å². The Hall–Kier alpha value is -2.50. The van der Waals surface area contributed by atoms with E-state index in [4.69, 9.17) is 0 Å². The van der Waals surface area contributed by atoms with Crippen LogP contribution in [0.3, 0.4) is 0 Å². The third-order valence-electron chi connectivity index (χ3n) is 4.01. The summed E-state index contributed by atoms with van der Waals surface area (Å²) in [5, 5.41) is 0. The lowest BCUT2D eigenvalue weighted by Gasteiger charge is -2.20. The van der Waals surface area contributed by atoms with Crippen molar-refractivity contribution in [3.63, 3.8) is 0 Å². The van der Waals surface area contributed by atoms with Gasteiger partial charge >= 0.3 is 5.69 Å². The molecule has 1 aliphatic heterocycles. The van der Waals surface area contributed by atoms with Crippen molar-refractivity contribution in [2.75, 3.05) is 13.1 Å². The van der Waals surface area contributed by atoms with Crippen LogP contribution < -0.4 is 5.69 Å². The average molecular weight is 315 g/mol. The first-order chi connectivity index (χ1) is 11.1. The smallest absolute Gasteiger partial charge is 0.337 e. The summed E-state index contributed by atoms with van der Waals surface area (Å²) in [6, 6.07) is 7.24. The van der Waals surface area contributed by atoms with E-state index in [2.05, 4.69) is 9.97 Å². The van der Waals surface area contributed by atoms with Gasteiger partial charge in [0.15, 0.2) is 0 Å². The van der Waals surface area contributed by atoms with E-state index in [9.17, 15) is 14.0 Å². The van der Waals surface area contributed by atoms with Crippen molar-refractivity contribution in [2.45, 2.75) is 25.7 Å². The minimum absolute atomic E-state index is 0.185. The largest absolute Gasteiger partial charge is 0.346 e. The van der Waals surface area contributed by atoms with E-state index in [0.717, 1.165) is 25.7 Å². The monoisotopic (exact) mass is 315 g/mol. The Labute approximate surface area is 133 Å². The molecule has 23 heavy (non-hydrogen) atoms. The second kappa shape index (κ2) is 6.73. The molecular weight excluding hydrogens is 297 g/mol. The molecular formula is C17H18FN3O2. The molecule has 1 saturated heterocycles. The number of H-pyrrole nitrogens is 1. The van der Waals surface area contributed by atoms with E-state index < -0.39 is 5.69 Å². The molecule has 1 N–H and O–H groups in total. The van der Waals surface area contributed by atoms with Crippen LogP contribution in [0.5, 0.6) is 0 Å². The summed E-state index contributed by atoms with van der Waals surface area (Å²) in [7, 11) is 0. The average Bonchev–Trinajstić information content (AvgIpc) is 2.83. The van der Waals surface area contributed by atoms with Crippen LogP contribution in [0.25, 0.3) is 11.3 Å². The van der Waals surface area contributed by atoms with E-state index in [1.807, 2.05) is 0 Å². The highest BCUT2D eigenvalue weighted by Gasteiger charge is 2.19. The van der Waals surface area contributed by atoms with Crippen molar-refractivity contribution in [2.24, 2.45) is 0 Å². The zero-order chi connectivity index (χ0) is 16.2. The highest BCUT2D eigenvalue weighted by atomic mass is 19.1. The quantitative estimate of drug-likeness (QED) is 0.926. The van der Waals surface area contributed by atoms with Crippen molar-refractivity contribution in [3.8, 4) is 11.3 Å². The fraction of sp³-hybridized carbons (Fsp3) is 0.353. The van der Waals surface area contributed by atoms with Gasteiger partial charge in [0.05, 0.1) is 5.69 Å².